The molecule has 8 aromatic rings. The molecule has 0 unspecified atom stereocenters. The zero-order chi connectivity index (χ0) is 68.5. The molecule has 502 valence electrons. The number of carbonyl (C=O) groups excluding carboxylic acids is 2. The molecule has 0 bridgehead atoms. The minimum atomic E-state index is -4.64. The highest BCUT2D eigenvalue weighted by atomic mass is 19.4. The van der Waals surface area contributed by atoms with Gasteiger partial charge in [-0.25, -0.2) is 29.4 Å². The van der Waals surface area contributed by atoms with E-state index < -0.39 is 35.2 Å². The third-order valence-corrected chi connectivity index (χ3v) is 16.3. The number of nitrogens with two attached hydrogens (primary N) is 1. The molecule has 1 fully saturated rings. The minimum Gasteiger partial charge on any atom is -0.497 e. The molecule has 0 aliphatic carbocycles. The second-order valence-electron chi connectivity index (χ2n) is 22.5. The average Bonchev–Trinajstić information content (AvgIpc) is 0.755. The summed E-state index contributed by atoms with van der Waals surface area (Å²) in [6, 6.07) is 28.6. The van der Waals surface area contributed by atoms with Gasteiger partial charge in [0.05, 0.1) is 75.4 Å². The van der Waals surface area contributed by atoms with Crippen molar-refractivity contribution in [2.24, 2.45) is 0 Å². The van der Waals surface area contributed by atoms with Gasteiger partial charge in [0.15, 0.2) is 11.6 Å². The van der Waals surface area contributed by atoms with Crippen molar-refractivity contribution in [3.05, 3.63) is 172 Å². The normalized spacial score (nSPS) is 14.2. The van der Waals surface area contributed by atoms with Crippen LogP contribution < -0.4 is 54.9 Å². The lowest BCUT2D eigenvalue weighted by atomic mass is 10.0. The number of rotatable bonds is 17. The molecule has 26 heteroatoms. The Labute approximate surface area is 548 Å². The van der Waals surface area contributed by atoms with Crippen LogP contribution >= 0.6 is 0 Å². The molecule has 3 aliphatic heterocycles. The summed E-state index contributed by atoms with van der Waals surface area (Å²) < 4.78 is 110. The Morgan fingerprint density at radius 3 is 1.34 bits per heavy atom. The molecule has 5 heterocycles. The minimum absolute atomic E-state index is 0.00699. The van der Waals surface area contributed by atoms with Crippen molar-refractivity contribution in [3.63, 3.8) is 0 Å². The highest BCUT2D eigenvalue weighted by Crippen LogP contribution is 2.46. The van der Waals surface area contributed by atoms with E-state index in [0.29, 0.717) is 58.6 Å². The molecule has 20 nitrogen and oxygen atoms in total. The van der Waals surface area contributed by atoms with Crippen molar-refractivity contribution < 1.29 is 59.6 Å². The topological polar surface area (TPSA) is 201 Å². The number of aromatic nitrogens is 4. The summed E-state index contributed by atoms with van der Waals surface area (Å²) in [7, 11) is 6.03. The van der Waals surface area contributed by atoms with Crippen molar-refractivity contribution in [1.82, 2.24) is 29.7 Å². The Bertz CT molecular complexity index is 4010. The third-order valence-electron chi connectivity index (χ3n) is 16.3. The van der Waals surface area contributed by atoms with Crippen molar-refractivity contribution in [1.29, 1.82) is 0 Å². The molecule has 11 rings (SSSR count). The molecule has 4 amide bonds. The molecule has 1 saturated heterocycles. The molecule has 0 radical (unpaired) electrons. The van der Waals surface area contributed by atoms with Crippen molar-refractivity contribution in [3.8, 4) is 23.0 Å². The van der Waals surface area contributed by atoms with E-state index in [9.17, 15) is 35.9 Å². The number of fused-ring (bicyclic) bond motifs is 2. The van der Waals surface area contributed by atoms with Crippen LogP contribution in [0.15, 0.2) is 122 Å². The van der Waals surface area contributed by atoms with Crippen LogP contribution in [-0.2, 0) is 36.7 Å². The molecule has 4 N–H and O–H groups in total. The number of nitrogens with zero attached hydrogens (tertiary/aromatic N) is 10. The number of methoxy groups -OCH3 is 4. The van der Waals surface area contributed by atoms with Crippen LogP contribution in [0, 0.1) is 27.7 Å². The van der Waals surface area contributed by atoms with Crippen molar-refractivity contribution >= 4 is 75.4 Å². The average molecular weight is 1310 g/mol. The van der Waals surface area contributed by atoms with Gasteiger partial charge in [-0.1, -0.05) is 49.4 Å². The predicted octanol–water partition coefficient (Wildman–Crippen LogP) is 15.1. The monoisotopic (exact) mass is 1310 g/mol. The number of nitrogen functional groups attached to an aromatic ring is 1. The van der Waals surface area contributed by atoms with Crippen LogP contribution in [0.1, 0.15) is 70.8 Å². The summed E-state index contributed by atoms with van der Waals surface area (Å²) in [4.78, 5) is 57.3. The van der Waals surface area contributed by atoms with Gasteiger partial charge in [-0.2, -0.15) is 36.3 Å². The standard InChI is InChI=1S/C36H40F3N7O3.C29H27F3N6O3.C4H10O/c1-6-43-14-16-44(17-15-43)21-25-10-11-27(18-29(25)36(37,38)39)41-34-40-20-26-22-45(32-23(2)8-7-9-24(32)3)35(47)46(33(26)42-34)30-13-12-28(48-4)19-31(30)49-5;1-16-6-5-7-17(2)25(16)37-15-18-14-34-27(35-19-8-10-22(33)21(12-19)29(30,31)32)36-26(18)38(28(37)39)23-11-9-20(40-3)13-24(23)41-4;1-3-5-4-2/h7-13,18-20H,6,14-17,21-22H2,1-5H3,(H,40,41,42);5-14H,15,33H2,1-4H3,(H,34,35,36);3-4H2,1-2H3. The summed E-state index contributed by atoms with van der Waals surface area (Å²) in [5.41, 5.74) is 11.2. The Morgan fingerprint density at radius 1 is 0.526 bits per heavy atom. The first-order valence-electron chi connectivity index (χ1n) is 30.7. The number of carbonyl (C=O) groups is 2. The predicted molar refractivity (Wildman–Crippen MR) is 356 cm³/mol. The fourth-order valence-electron chi connectivity index (χ4n) is 11.5. The number of piperazine rings is 1. The highest BCUT2D eigenvalue weighted by molar-refractivity contribution is 6.13. The molecule has 2 aromatic heterocycles. The highest BCUT2D eigenvalue weighted by Gasteiger charge is 2.40. The zero-order valence-corrected chi connectivity index (χ0v) is 54.8. The largest absolute Gasteiger partial charge is 0.497 e. The van der Waals surface area contributed by atoms with E-state index in [-0.39, 0.29) is 66.1 Å². The maximum atomic E-state index is 14.4. The SMILES string of the molecule is CCN1CCN(Cc2ccc(Nc3ncc4c(n3)N(c3ccc(OC)cc3OC)C(=O)N(c3c(C)cccc3C)C4)cc2C(F)(F)F)CC1.CCOCC.COc1ccc(N2C(=O)N(c3c(C)cccc3C)Cc3cnc(Nc4ccc(N)c(C(F)(F)F)c4)nc32)c(OC)c1. The van der Waals surface area contributed by atoms with Gasteiger partial charge >= 0.3 is 24.4 Å². The van der Waals surface area contributed by atoms with Crippen LogP contribution in [0.4, 0.5) is 99.3 Å². The number of ether oxygens (including phenoxy) is 5. The van der Waals surface area contributed by atoms with Crippen LogP contribution in [-0.4, -0.2) is 116 Å². The van der Waals surface area contributed by atoms with Gasteiger partial charge in [-0.05, 0) is 131 Å². The smallest absolute Gasteiger partial charge is 0.418 e. The lowest BCUT2D eigenvalue weighted by Crippen LogP contribution is -2.46. The van der Waals surface area contributed by atoms with Gasteiger partial charge in [0, 0.05) is 98.7 Å². The number of aryl methyl sites for hydroxylation is 4. The van der Waals surface area contributed by atoms with E-state index in [4.69, 9.17) is 34.4 Å². The lowest BCUT2D eigenvalue weighted by Gasteiger charge is -2.37. The molecular weight excluding hydrogens is 1240 g/mol. The Hall–Kier alpha value is -9.92. The summed E-state index contributed by atoms with van der Waals surface area (Å²) >= 11 is 0. The molecule has 0 spiro atoms. The number of halogens is 6. The Morgan fingerprint density at radius 2 is 0.947 bits per heavy atom. The first-order chi connectivity index (χ1) is 45.4. The van der Waals surface area contributed by atoms with Gasteiger partial charge in [0.1, 0.15) is 23.0 Å². The summed E-state index contributed by atoms with van der Waals surface area (Å²) in [5, 5.41) is 5.77. The molecule has 3 aliphatic rings. The fourth-order valence-corrected chi connectivity index (χ4v) is 11.5. The van der Waals surface area contributed by atoms with E-state index in [1.165, 1.54) is 50.4 Å². The number of amides is 4. The van der Waals surface area contributed by atoms with Gasteiger partial charge in [-0.3, -0.25) is 14.7 Å². The molecule has 0 saturated carbocycles. The van der Waals surface area contributed by atoms with E-state index in [0.717, 1.165) is 84.7 Å². The van der Waals surface area contributed by atoms with Crippen molar-refractivity contribution in [2.45, 2.75) is 80.5 Å². The summed E-state index contributed by atoms with van der Waals surface area (Å²) in [6.07, 6.45) is -6.05. The Balaban J connectivity index is 0.000000211. The number of para-hydroxylation sites is 2. The third kappa shape index (κ3) is 15.7. The van der Waals surface area contributed by atoms with Crippen LogP contribution in [0.2, 0.25) is 0 Å². The van der Waals surface area contributed by atoms with Gasteiger partial charge < -0.3 is 45.0 Å². The number of alkyl halides is 6. The number of benzene rings is 6. The van der Waals surface area contributed by atoms with E-state index in [1.54, 1.807) is 64.7 Å². The van der Waals surface area contributed by atoms with Crippen LogP contribution in [0.5, 0.6) is 23.0 Å². The lowest BCUT2D eigenvalue weighted by molar-refractivity contribution is -0.138. The van der Waals surface area contributed by atoms with E-state index in [1.807, 2.05) is 77.9 Å². The number of hydrogen-bond donors (Lipinski definition) is 3. The van der Waals surface area contributed by atoms with Gasteiger partial charge in [-0.15, -0.1) is 0 Å². The molecule has 0 atom stereocenters. The second kappa shape index (κ2) is 30.0. The van der Waals surface area contributed by atoms with Crippen molar-refractivity contribution in [2.75, 3.05) is 110 Å². The van der Waals surface area contributed by atoms with Gasteiger partial charge in [0.25, 0.3) is 0 Å². The maximum Gasteiger partial charge on any atom is 0.418 e. The fraction of sp³-hybridized carbons (Fsp3) is 0.333. The van der Waals surface area contributed by atoms with E-state index >= 15 is 0 Å². The van der Waals surface area contributed by atoms with E-state index in [2.05, 4.69) is 42.3 Å². The molecular formula is C69H77F6N13O7. The Kier molecular flexibility index (Phi) is 21.9. The zero-order valence-electron chi connectivity index (χ0n) is 54.8. The number of likely N-dealkylation sites (N-methyl/N-ethyl adjacent to an activating group) is 1. The summed E-state index contributed by atoms with van der Waals surface area (Å²) in [6.45, 7) is 20.1. The molecule has 6 aromatic carbocycles. The first kappa shape index (κ1) is 69.4. The number of urea groups is 2. The number of anilines is 11. The van der Waals surface area contributed by atoms with Crippen LogP contribution in [0.25, 0.3) is 0 Å². The molecule has 95 heavy (non-hydrogen) atoms. The van der Waals surface area contributed by atoms with Crippen LogP contribution in [0.3, 0.4) is 0 Å². The summed E-state index contributed by atoms with van der Waals surface area (Å²) in [5.74, 6) is 2.36. The number of nitrogens with one attached hydrogen (secondary N) is 2. The number of hydrogen-bond acceptors (Lipinski definition) is 16. The second-order valence-corrected chi connectivity index (χ2v) is 22.5. The van der Waals surface area contributed by atoms with Gasteiger partial charge in [0.2, 0.25) is 11.9 Å². The first-order valence-corrected chi connectivity index (χ1v) is 30.7. The maximum absolute atomic E-state index is 14.4. The quantitative estimate of drug-likeness (QED) is 0.0573.